The van der Waals surface area contributed by atoms with E-state index < -0.39 is 4.81 Å². The quantitative estimate of drug-likeness (QED) is 0.352. The number of hydrogen-bond donors (Lipinski definition) is 0. The van der Waals surface area contributed by atoms with Crippen LogP contribution < -0.4 is 0 Å². The lowest BCUT2D eigenvalue weighted by Crippen LogP contribution is -2.28. The molecule has 0 bridgehead atoms. The van der Waals surface area contributed by atoms with Gasteiger partial charge in [-0.3, -0.25) is 0 Å². The van der Waals surface area contributed by atoms with E-state index in [1.54, 1.807) is 24.3 Å². The molecule has 0 saturated heterocycles. The minimum atomic E-state index is -0.832. The van der Waals surface area contributed by atoms with Crippen LogP contribution in [-0.4, -0.2) is 19.0 Å². The van der Waals surface area contributed by atoms with Gasteiger partial charge in [0.25, 0.3) is 0 Å². The van der Waals surface area contributed by atoms with E-state index in [2.05, 4.69) is 11.4 Å². The topological polar surface area (TPSA) is 32.3 Å². The first-order valence-electron chi connectivity index (χ1n) is 3.22. The Morgan fingerprint density at radius 1 is 1.36 bits per heavy atom. The molecule has 62 valence electrons. The first kappa shape index (κ1) is 10.1. The van der Waals surface area contributed by atoms with Crippen molar-refractivity contribution in [2.45, 2.75) is 0 Å². The number of hydroxylamine groups is 4. The Morgan fingerprint density at radius 2 is 2.00 bits per heavy atom. The van der Waals surface area contributed by atoms with Gasteiger partial charge in [-0.25, -0.2) is 4.84 Å². The molecular weight excluding hydrogens is 142 g/mol. The molecular formula is C8H13NO2. The maximum Gasteiger partial charge on any atom is 0.129 e. The van der Waals surface area contributed by atoms with E-state index in [1.165, 1.54) is 20.4 Å². The summed E-state index contributed by atoms with van der Waals surface area (Å²) in [5.41, 5.74) is 0. The summed E-state index contributed by atoms with van der Waals surface area (Å²) in [5, 5.41) is 11.0. The molecule has 0 aliphatic heterocycles. The zero-order valence-electron chi connectivity index (χ0n) is 6.86. The Labute approximate surface area is 67.0 Å². The van der Waals surface area contributed by atoms with Crippen LogP contribution in [0.1, 0.15) is 0 Å². The summed E-state index contributed by atoms with van der Waals surface area (Å²) in [6, 6.07) is 0. The molecule has 1 unspecified atom stereocenters. The monoisotopic (exact) mass is 155 g/mol. The third kappa shape index (κ3) is 5.54. The molecule has 0 spiro atoms. The molecule has 0 amide bonds. The maximum atomic E-state index is 11.0. The van der Waals surface area contributed by atoms with Crippen LogP contribution >= 0.6 is 0 Å². The molecule has 0 aromatic carbocycles. The highest BCUT2D eigenvalue weighted by Gasteiger charge is 2.00. The molecule has 11 heavy (non-hydrogen) atoms. The number of allylic oxidation sites excluding steroid dienone is 4. The van der Waals surface area contributed by atoms with Crippen molar-refractivity contribution in [1.29, 1.82) is 0 Å². The zero-order chi connectivity index (χ0) is 8.74. The molecule has 0 fully saturated rings. The maximum absolute atomic E-state index is 11.0. The highest BCUT2D eigenvalue weighted by Crippen LogP contribution is 1.99. The first-order valence-corrected chi connectivity index (χ1v) is 3.22. The Kier molecular flexibility index (Phi) is 4.45. The fraction of sp³-hybridized carbons (Fsp3) is 0.250. The van der Waals surface area contributed by atoms with Crippen molar-refractivity contribution >= 4 is 0 Å². The highest BCUT2D eigenvalue weighted by atomic mass is 16.9. The van der Waals surface area contributed by atoms with E-state index in [-0.39, 0.29) is 0 Å². The van der Waals surface area contributed by atoms with Gasteiger partial charge in [0.15, 0.2) is 0 Å². The molecule has 0 aliphatic carbocycles. The van der Waals surface area contributed by atoms with Crippen molar-refractivity contribution in [1.82, 2.24) is 0 Å². The Hall–Kier alpha value is -0.900. The van der Waals surface area contributed by atoms with Crippen molar-refractivity contribution in [3.8, 4) is 0 Å². The Bertz CT molecular complexity index is 171. The summed E-state index contributed by atoms with van der Waals surface area (Å²) in [4.78, 5) is 3.72. The van der Waals surface area contributed by atoms with E-state index in [9.17, 15) is 5.21 Å². The van der Waals surface area contributed by atoms with Gasteiger partial charge in [-0.1, -0.05) is 24.8 Å². The van der Waals surface area contributed by atoms with Gasteiger partial charge in [0.2, 0.25) is 0 Å². The lowest BCUT2D eigenvalue weighted by molar-refractivity contribution is -1.01. The number of rotatable bonds is 4. The molecule has 0 rings (SSSR count). The summed E-state index contributed by atoms with van der Waals surface area (Å²) in [6.07, 6.45) is 8.05. The minimum Gasteiger partial charge on any atom is -0.594 e. The molecule has 0 aromatic rings. The molecule has 0 saturated carbocycles. The summed E-state index contributed by atoms with van der Waals surface area (Å²) < 4.78 is 0. The molecule has 0 N–H and O–H groups in total. The van der Waals surface area contributed by atoms with E-state index in [4.69, 9.17) is 0 Å². The van der Waals surface area contributed by atoms with E-state index >= 15 is 0 Å². The zero-order valence-corrected chi connectivity index (χ0v) is 6.86. The van der Waals surface area contributed by atoms with Crippen molar-refractivity contribution in [2.75, 3.05) is 14.2 Å². The normalized spacial score (nSPS) is 17.4. The predicted molar refractivity (Wildman–Crippen MR) is 45.0 cm³/mol. The van der Waals surface area contributed by atoms with Crippen molar-refractivity contribution < 1.29 is 9.65 Å². The van der Waals surface area contributed by atoms with Gasteiger partial charge >= 0.3 is 0 Å². The second kappa shape index (κ2) is 4.85. The van der Waals surface area contributed by atoms with Gasteiger partial charge in [-0.05, 0) is 6.08 Å². The van der Waals surface area contributed by atoms with Crippen molar-refractivity contribution in [3.63, 3.8) is 0 Å². The predicted octanol–water partition coefficient (Wildman–Crippen LogP) is 1.75. The third-order valence-electron chi connectivity index (χ3n) is 1.08. The van der Waals surface area contributed by atoms with E-state index in [0.717, 1.165) is 0 Å². The van der Waals surface area contributed by atoms with Gasteiger partial charge in [0.05, 0.1) is 7.11 Å². The van der Waals surface area contributed by atoms with Crippen LogP contribution in [0.5, 0.6) is 0 Å². The fourth-order valence-corrected chi connectivity index (χ4v) is 0.410. The molecule has 0 radical (unpaired) electrons. The van der Waals surface area contributed by atoms with E-state index in [1.807, 2.05) is 0 Å². The number of quaternary nitrogens is 1. The second-order valence-electron chi connectivity index (χ2n) is 2.05. The van der Waals surface area contributed by atoms with Gasteiger partial charge in [0, 0.05) is 0 Å². The second-order valence-corrected chi connectivity index (χ2v) is 2.05. The number of hydrogen-bond acceptors (Lipinski definition) is 2. The molecule has 1 atom stereocenters. The van der Waals surface area contributed by atoms with Crippen LogP contribution in [0.4, 0.5) is 0 Å². The summed E-state index contributed by atoms with van der Waals surface area (Å²) >= 11 is 0. The van der Waals surface area contributed by atoms with E-state index in [0.29, 0.717) is 0 Å². The first-order chi connectivity index (χ1) is 5.12. The fourth-order valence-electron chi connectivity index (χ4n) is 0.410. The average Bonchev–Trinajstić information content (AvgIpc) is 1.99. The third-order valence-corrected chi connectivity index (χ3v) is 1.08. The minimum absolute atomic E-state index is 0.832. The summed E-state index contributed by atoms with van der Waals surface area (Å²) in [7, 11) is 2.74. The van der Waals surface area contributed by atoms with Crippen molar-refractivity contribution in [2.24, 2.45) is 0 Å². The van der Waals surface area contributed by atoms with Crippen LogP contribution in [-0.2, 0) is 4.84 Å². The van der Waals surface area contributed by atoms with Crippen LogP contribution in [0, 0.1) is 5.21 Å². The van der Waals surface area contributed by atoms with Gasteiger partial charge in [0.1, 0.15) is 13.2 Å². The number of nitrogens with zero attached hydrogens (tertiary/aromatic N) is 1. The standard InChI is InChI=1S/C8H13NO2/c1-4-5-6-7-8-9(2,10)11-3/h4-8H,1H2,2-3H3/b6-5-,8-7-. The van der Waals surface area contributed by atoms with Gasteiger partial charge < -0.3 is 5.21 Å². The average molecular weight is 155 g/mol. The lowest BCUT2D eigenvalue weighted by atomic mass is 10.5. The lowest BCUT2D eigenvalue weighted by Gasteiger charge is -2.28. The molecule has 3 nitrogen and oxygen atoms in total. The molecule has 0 aromatic heterocycles. The van der Waals surface area contributed by atoms with Crippen molar-refractivity contribution in [3.05, 3.63) is 42.3 Å². The largest absolute Gasteiger partial charge is 0.594 e. The van der Waals surface area contributed by atoms with Crippen LogP contribution in [0.25, 0.3) is 0 Å². The molecule has 0 heterocycles. The Balaban J connectivity index is 3.91. The van der Waals surface area contributed by atoms with Crippen LogP contribution in [0.2, 0.25) is 0 Å². The highest BCUT2D eigenvalue weighted by molar-refractivity contribution is 5.07. The van der Waals surface area contributed by atoms with Crippen LogP contribution in [0.15, 0.2) is 37.1 Å². The van der Waals surface area contributed by atoms with Crippen LogP contribution in [0.3, 0.4) is 0 Å². The molecule has 0 aliphatic rings. The Morgan fingerprint density at radius 3 is 2.45 bits per heavy atom. The smallest absolute Gasteiger partial charge is 0.129 e. The van der Waals surface area contributed by atoms with Gasteiger partial charge in [-0.2, -0.15) is 4.81 Å². The summed E-state index contributed by atoms with van der Waals surface area (Å²) in [6.45, 7) is 3.48. The summed E-state index contributed by atoms with van der Waals surface area (Å²) in [5.74, 6) is 0. The molecule has 3 heteroatoms. The van der Waals surface area contributed by atoms with Gasteiger partial charge in [-0.15, -0.1) is 0 Å². The SMILES string of the molecule is C=C/C=C\C=C/[N+](C)([O-])OC.